The summed E-state index contributed by atoms with van der Waals surface area (Å²) in [5, 5.41) is 0. The van der Waals surface area contributed by atoms with Crippen molar-refractivity contribution in [1.82, 2.24) is 0 Å². The lowest BCUT2D eigenvalue weighted by atomic mass is 9.84. The van der Waals surface area contributed by atoms with Gasteiger partial charge in [0.15, 0.2) is 0 Å². The quantitative estimate of drug-likeness (QED) is 0.817. The average Bonchev–Trinajstić information content (AvgIpc) is 2.14. The van der Waals surface area contributed by atoms with Crippen LogP contribution in [0.5, 0.6) is 5.75 Å². The second-order valence-electron chi connectivity index (χ2n) is 4.84. The van der Waals surface area contributed by atoms with E-state index in [1.807, 2.05) is 12.1 Å². The Morgan fingerprint density at radius 1 is 1.33 bits per heavy atom. The van der Waals surface area contributed by atoms with Crippen LogP contribution in [0.3, 0.4) is 0 Å². The first kappa shape index (κ1) is 10.8. The van der Waals surface area contributed by atoms with Crippen molar-refractivity contribution < 1.29 is 4.74 Å². The van der Waals surface area contributed by atoms with E-state index in [1.165, 1.54) is 5.69 Å². The standard InChI is InChI=1S/C12H16BrNO/c1-12(2)7-14(8-12)10-6-9(13)4-5-11(10)15-3/h4-6H,7-8H2,1-3H3. The van der Waals surface area contributed by atoms with Gasteiger partial charge in [0, 0.05) is 17.6 Å². The van der Waals surface area contributed by atoms with E-state index in [0.717, 1.165) is 23.3 Å². The van der Waals surface area contributed by atoms with Crippen LogP contribution in [0.4, 0.5) is 5.69 Å². The molecule has 0 spiro atoms. The maximum atomic E-state index is 5.36. The molecular formula is C12H16BrNO. The lowest BCUT2D eigenvalue weighted by Gasteiger charge is -2.47. The van der Waals surface area contributed by atoms with Gasteiger partial charge in [0.05, 0.1) is 12.8 Å². The number of methoxy groups -OCH3 is 1. The van der Waals surface area contributed by atoms with Crippen LogP contribution in [0, 0.1) is 5.41 Å². The first-order chi connectivity index (χ1) is 7.02. The van der Waals surface area contributed by atoms with E-state index in [0.29, 0.717) is 5.41 Å². The van der Waals surface area contributed by atoms with Gasteiger partial charge in [-0.05, 0) is 23.6 Å². The zero-order chi connectivity index (χ0) is 11.1. The third-order valence-corrected chi connectivity index (χ3v) is 3.21. The van der Waals surface area contributed by atoms with Crippen molar-refractivity contribution in [3.63, 3.8) is 0 Å². The van der Waals surface area contributed by atoms with Crippen molar-refractivity contribution in [2.45, 2.75) is 13.8 Å². The van der Waals surface area contributed by atoms with Crippen LogP contribution in [0.1, 0.15) is 13.8 Å². The van der Waals surface area contributed by atoms with Gasteiger partial charge < -0.3 is 9.64 Å². The zero-order valence-electron chi connectivity index (χ0n) is 9.38. The molecule has 1 saturated heterocycles. The lowest BCUT2D eigenvalue weighted by molar-refractivity contribution is 0.273. The molecule has 2 nitrogen and oxygen atoms in total. The van der Waals surface area contributed by atoms with Crippen molar-refractivity contribution in [2.24, 2.45) is 5.41 Å². The second kappa shape index (κ2) is 3.71. The van der Waals surface area contributed by atoms with Crippen molar-refractivity contribution in [1.29, 1.82) is 0 Å². The highest BCUT2D eigenvalue weighted by Gasteiger charge is 2.35. The summed E-state index contributed by atoms with van der Waals surface area (Å²) in [6, 6.07) is 6.13. The molecule has 0 saturated carbocycles. The average molecular weight is 270 g/mol. The van der Waals surface area contributed by atoms with Gasteiger partial charge in [-0.1, -0.05) is 29.8 Å². The Hall–Kier alpha value is -0.700. The third-order valence-electron chi connectivity index (χ3n) is 2.72. The summed E-state index contributed by atoms with van der Waals surface area (Å²) in [6.07, 6.45) is 0. The monoisotopic (exact) mass is 269 g/mol. The molecule has 1 aromatic rings. The van der Waals surface area contributed by atoms with E-state index in [9.17, 15) is 0 Å². The summed E-state index contributed by atoms with van der Waals surface area (Å²) < 4.78 is 6.46. The van der Waals surface area contributed by atoms with Crippen LogP contribution < -0.4 is 9.64 Å². The van der Waals surface area contributed by atoms with Crippen LogP contribution >= 0.6 is 15.9 Å². The van der Waals surface area contributed by atoms with Crippen molar-refractivity contribution in [2.75, 3.05) is 25.1 Å². The molecule has 1 fully saturated rings. The molecule has 0 unspecified atom stereocenters. The van der Waals surface area contributed by atoms with Gasteiger partial charge in [-0.2, -0.15) is 0 Å². The van der Waals surface area contributed by atoms with Crippen molar-refractivity contribution in [3.8, 4) is 5.75 Å². The molecule has 0 aromatic heterocycles. The normalized spacial score (nSPS) is 18.5. The first-order valence-electron chi connectivity index (χ1n) is 5.10. The van der Waals surface area contributed by atoms with E-state index in [4.69, 9.17) is 4.74 Å². The lowest BCUT2D eigenvalue weighted by Crippen LogP contribution is -2.53. The number of halogens is 1. The number of nitrogens with zero attached hydrogens (tertiary/aromatic N) is 1. The van der Waals surface area contributed by atoms with Gasteiger partial charge in [0.1, 0.15) is 5.75 Å². The summed E-state index contributed by atoms with van der Waals surface area (Å²) in [5.41, 5.74) is 1.62. The molecule has 1 aromatic carbocycles. The van der Waals surface area contributed by atoms with E-state index in [1.54, 1.807) is 7.11 Å². The summed E-state index contributed by atoms with van der Waals surface area (Å²) in [7, 11) is 1.72. The van der Waals surface area contributed by atoms with Crippen molar-refractivity contribution in [3.05, 3.63) is 22.7 Å². The van der Waals surface area contributed by atoms with Gasteiger partial charge in [-0.25, -0.2) is 0 Å². The summed E-state index contributed by atoms with van der Waals surface area (Å²) in [4.78, 5) is 2.35. The van der Waals surface area contributed by atoms with Gasteiger partial charge in [-0.3, -0.25) is 0 Å². The van der Waals surface area contributed by atoms with Gasteiger partial charge in [0.25, 0.3) is 0 Å². The second-order valence-corrected chi connectivity index (χ2v) is 5.75. The highest BCUT2D eigenvalue weighted by atomic mass is 79.9. The number of hydrogen-bond acceptors (Lipinski definition) is 2. The Balaban J connectivity index is 2.24. The van der Waals surface area contributed by atoms with Crippen molar-refractivity contribution >= 4 is 21.6 Å². The fraction of sp³-hybridized carbons (Fsp3) is 0.500. The SMILES string of the molecule is COc1ccc(Br)cc1N1CC(C)(C)C1. The number of anilines is 1. The Labute approximate surface area is 99.4 Å². The summed E-state index contributed by atoms with van der Waals surface area (Å²) in [6.45, 7) is 6.77. The minimum absolute atomic E-state index is 0.438. The fourth-order valence-corrected chi connectivity index (χ4v) is 2.42. The molecule has 15 heavy (non-hydrogen) atoms. The van der Waals surface area contributed by atoms with E-state index < -0.39 is 0 Å². The van der Waals surface area contributed by atoms with E-state index in [2.05, 4.69) is 40.7 Å². The summed E-state index contributed by atoms with van der Waals surface area (Å²) >= 11 is 3.49. The topological polar surface area (TPSA) is 12.5 Å². The molecule has 2 rings (SSSR count). The highest BCUT2D eigenvalue weighted by molar-refractivity contribution is 9.10. The molecule has 0 amide bonds. The molecule has 0 bridgehead atoms. The molecule has 0 atom stereocenters. The minimum atomic E-state index is 0.438. The molecule has 3 heteroatoms. The minimum Gasteiger partial charge on any atom is -0.495 e. The third kappa shape index (κ3) is 2.12. The van der Waals surface area contributed by atoms with Gasteiger partial charge in [0.2, 0.25) is 0 Å². The highest BCUT2D eigenvalue weighted by Crippen LogP contribution is 2.39. The maximum absolute atomic E-state index is 5.36. The molecule has 1 aliphatic rings. The number of ether oxygens (including phenoxy) is 1. The number of benzene rings is 1. The smallest absolute Gasteiger partial charge is 0.142 e. The molecule has 1 heterocycles. The Bertz CT molecular complexity index is 368. The zero-order valence-corrected chi connectivity index (χ0v) is 11.0. The molecule has 0 radical (unpaired) electrons. The largest absolute Gasteiger partial charge is 0.495 e. The van der Waals surface area contributed by atoms with E-state index in [-0.39, 0.29) is 0 Å². The molecule has 0 aliphatic carbocycles. The molecular weight excluding hydrogens is 254 g/mol. The molecule has 82 valence electrons. The number of rotatable bonds is 2. The first-order valence-corrected chi connectivity index (χ1v) is 5.90. The Kier molecular flexibility index (Phi) is 2.67. The maximum Gasteiger partial charge on any atom is 0.142 e. The summed E-state index contributed by atoms with van der Waals surface area (Å²) in [5.74, 6) is 0.953. The van der Waals surface area contributed by atoms with Crippen LogP contribution in [-0.2, 0) is 0 Å². The van der Waals surface area contributed by atoms with Gasteiger partial charge in [-0.15, -0.1) is 0 Å². The predicted molar refractivity (Wildman–Crippen MR) is 66.7 cm³/mol. The van der Waals surface area contributed by atoms with Gasteiger partial charge >= 0.3 is 0 Å². The van der Waals surface area contributed by atoms with Crippen LogP contribution in [0.2, 0.25) is 0 Å². The predicted octanol–water partition coefficient (Wildman–Crippen LogP) is 3.30. The molecule has 0 N–H and O–H groups in total. The van der Waals surface area contributed by atoms with Crippen LogP contribution in [0.15, 0.2) is 22.7 Å². The molecule has 1 aliphatic heterocycles. The fourth-order valence-electron chi connectivity index (χ4n) is 2.07. The van der Waals surface area contributed by atoms with Crippen LogP contribution in [-0.4, -0.2) is 20.2 Å². The number of hydrogen-bond donors (Lipinski definition) is 0. The Morgan fingerprint density at radius 3 is 2.53 bits per heavy atom. The Morgan fingerprint density at radius 2 is 2.00 bits per heavy atom. The van der Waals surface area contributed by atoms with Crippen LogP contribution in [0.25, 0.3) is 0 Å². The van der Waals surface area contributed by atoms with E-state index >= 15 is 0 Å².